The normalized spacial score (nSPS) is 10.1. The zero-order chi connectivity index (χ0) is 13.1. The Balaban J connectivity index is 2.16. The first-order valence-electron chi connectivity index (χ1n) is 5.04. The van der Waals surface area contributed by atoms with Crippen molar-refractivity contribution in [2.24, 2.45) is 0 Å². The van der Waals surface area contributed by atoms with Crippen LogP contribution in [0.5, 0.6) is 0 Å². The van der Waals surface area contributed by atoms with E-state index in [0.29, 0.717) is 21.5 Å². The molecule has 1 aromatic heterocycles. The summed E-state index contributed by atoms with van der Waals surface area (Å²) in [5.74, 6) is 0.265. The summed E-state index contributed by atoms with van der Waals surface area (Å²) in [5, 5.41) is 2.70. The number of rotatable bonds is 2. The lowest BCUT2D eigenvalue weighted by Gasteiger charge is -2.05. The molecule has 0 radical (unpaired) electrons. The van der Waals surface area contributed by atoms with Gasteiger partial charge in [-0.15, -0.1) is 0 Å². The zero-order valence-corrected chi connectivity index (χ0v) is 12.3. The van der Waals surface area contributed by atoms with Gasteiger partial charge in [-0.25, -0.2) is 4.98 Å². The van der Waals surface area contributed by atoms with E-state index in [1.54, 1.807) is 30.5 Å². The van der Waals surface area contributed by atoms with Crippen LogP contribution in [0.15, 0.2) is 45.5 Å². The number of nitrogens with one attached hydrogen (secondary N) is 1. The average Bonchev–Trinajstić information content (AvgIpc) is 2.35. The number of nitrogens with two attached hydrogens (primary N) is 1. The van der Waals surface area contributed by atoms with Gasteiger partial charge in [0.05, 0.1) is 0 Å². The third-order valence-corrected chi connectivity index (χ3v) is 3.39. The summed E-state index contributed by atoms with van der Waals surface area (Å²) in [4.78, 5) is 16.0. The van der Waals surface area contributed by atoms with Crippen molar-refractivity contribution in [2.75, 3.05) is 11.1 Å². The van der Waals surface area contributed by atoms with Crippen molar-refractivity contribution in [2.45, 2.75) is 0 Å². The molecule has 2 aromatic rings. The molecule has 92 valence electrons. The third kappa shape index (κ3) is 3.08. The highest BCUT2D eigenvalue weighted by atomic mass is 79.9. The zero-order valence-electron chi connectivity index (χ0n) is 9.15. The minimum Gasteiger partial charge on any atom is -0.398 e. The van der Waals surface area contributed by atoms with Gasteiger partial charge in [0.15, 0.2) is 0 Å². The molecule has 0 aliphatic rings. The lowest BCUT2D eigenvalue weighted by Crippen LogP contribution is -2.13. The Kier molecular flexibility index (Phi) is 3.98. The molecule has 0 aliphatic carbocycles. The summed E-state index contributed by atoms with van der Waals surface area (Å²) in [6.07, 6.45) is 1.62. The molecule has 0 saturated carbocycles. The number of nitrogen functional groups attached to an aromatic ring is 1. The van der Waals surface area contributed by atoms with Gasteiger partial charge in [0.1, 0.15) is 5.82 Å². The second-order valence-electron chi connectivity index (χ2n) is 3.55. The maximum absolute atomic E-state index is 11.9. The van der Waals surface area contributed by atoms with Crippen LogP contribution in [-0.2, 0) is 0 Å². The molecule has 18 heavy (non-hydrogen) atoms. The smallest absolute Gasteiger partial charge is 0.256 e. The minimum absolute atomic E-state index is 0.231. The fraction of sp³-hybridized carbons (Fsp3) is 0. The Labute approximate surface area is 121 Å². The molecule has 0 atom stereocenters. The number of anilines is 2. The lowest BCUT2D eigenvalue weighted by atomic mass is 10.2. The molecule has 3 N–H and O–H groups in total. The summed E-state index contributed by atoms with van der Waals surface area (Å²) >= 11 is 6.56. The molecule has 0 spiro atoms. The van der Waals surface area contributed by atoms with Crippen molar-refractivity contribution in [3.63, 3.8) is 0 Å². The Bertz CT molecular complexity index is 584. The number of hydrogen-bond donors (Lipinski definition) is 2. The minimum atomic E-state index is -0.231. The van der Waals surface area contributed by atoms with E-state index in [-0.39, 0.29) is 5.91 Å². The Morgan fingerprint density at radius 1 is 1.22 bits per heavy atom. The topological polar surface area (TPSA) is 68.0 Å². The SMILES string of the molecule is Nc1ccc(C(=O)Nc2ccc(Br)cn2)cc1Br. The molecule has 0 saturated heterocycles. The number of halogens is 2. The number of amides is 1. The number of nitrogens with zero attached hydrogens (tertiary/aromatic N) is 1. The molecular weight excluding hydrogens is 362 g/mol. The predicted octanol–water partition coefficient (Wildman–Crippen LogP) is 3.44. The summed E-state index contributed by atoms with van der Waals surface area (Å²) in [6.45, 7) is 0. The maximum atomic E-state index is 11.9. The molecule has 0 fully saturated rings. The van der Waals surface area contributed by atoms with Crippen LogP contribution >= 0.6 is 31.9 Å². The monoisotopic (exact) mass is 369 g/mol. The first-order valence-corrected chi connectivity index (χ1v) is 6.63. The van der Waals surface area contributed by atoms with Crippen molar-refractivity contribution < 1.29 is 4.79 Å². The Morgan fingerprint density at radius 3 is 2.61 bits per heavy atom. The van der Waals surface area contributed by atoms with Crippen molar-refractivity contribution in [1.82, 2.24) is 4.98 Å². The van der Waals surface area contributed by atoms with Gasteiger partial charge < -0.3 is 11.1 Å². The van der Waals surface area contributed by atoms with Crippen LogP contribution in [0.25, 0.3) is 0 Å². The van der Waals surface area contributed by atoms with Crippen LogP contribution in [0.2, 0.25) is 0 Å². The van der Waals surface area contributed by atoms with Gasteiger partial charge in [-0.05, 0) is 62.2 Å². The molecule has 1 aromatic carbocycles. The van der Waals surface area contributed by atoms with Gasteiger partial charge in [-0.2, -0.15) is 0 Å². The molecule has 0 aliphatic heterocycles. The van der Waals surface area contributed by atoms with Crippen LogP contribution < -0.4 is 11.1 Å². The summed E-state index contributed by atoms with van der Waals surface area (Å²) in [7, 11) is 0. The standard InChI is InChI=1S/C12H9Br2N3O/c13-8-2-4-11(16-6-8)17-12(18)7-1-3-10(15)9(14)5-7/h1-6H,15H2,(H,16,17,18). The van der Waals surface area contributed by atoms with Crippen LogP contribution in [0.4, 0.5) is 11.5 Å². The van der Waals surface area contributed by atoms with Crippen molar-refractivity contribution in [3.05, 3.63) is 51.0 Å². The highest BCUT2D eigenvalue weighted by Gasteiger charge is 2.08. The van der Waals surface area contributed by atoms with E-state index in [4.69, 9.17) is 5.73 Å². The number of carbonyl (C=O) groups is 1. The molecule has 4 nitrogen and oxygen atoms in total. The Morgan fingerprint density at radius 2 is 2.00 bits per heavy atom. The highest BCUT2D eigenvalue weighted by Crippen LogP contribution is 2.21. The van der Waals surface area contributed by atoms with E-state index in [0.717, 1.165) is 4.47 Å². The van der Waals surface area contributed by atoms with E-state index in [1.165, 1.54) is 0 Å². The molecule has 1 heterocycles. The Hall–Kier alpha value is -1.40. The van der Waals surface area contributed by atoms with E-state index < -0.39 is 0 Å². The number of aromatic nitrogens is 1. The quantitative estimate of drug-likeness (QED) is 0.795. The molecule has 1 amide bonds. The predicted molar refractivity (Wildman–Crippen MR) is 78.4 cm³/mol. The van der Waals surface area contributed by atoms with E-state index in [1.807, 2.05) is 6.07 Å². The number of carbonyl (C=O) groups excluding carboxylic acids is 1. The second-order valence-corrected chi connectivity index (χ2v) is 5.32. The molecule has 0 bridgehead atoms. The summed E-state index contributed by atoms with van der Waals surface area (Å²) in [5.41, 5.74) is 6.77. The van der Waals surface area contributed by atoms with Gasteiger partial charge in [-0.1, -0.05) is 0 Å². The lowest BCUT2D eigenvalue weighted by molar-refractivity contribution is 0.102. The van der Waals surface area contributed by atoms with E-state index in [2.05, 4.69) is 42.2 Å². The molecule has 6 heteroatoms. The molecular formula is C12H9Br2N3O. The second kappa shape index (κ2) is 5.49. The summed E-state index contributed by atoms with van der Waals surface area (Å²) in [6, 6.07) is 8.53. The van der Waals surface area contributed by atoms with Gasteiger partial charge in [0, 0.05) is 26.4 Å². The fourth-order valence-corrected chi connectivity index (χ4v) is 1.92. The first kappa shape index (κ1) is 13.0. The number of pyridine rings is 1. The first-order chi connectivity index (χ1) is 8.56. The van der Waals surface area contributed by atoms with Gasteiger partial charge in [0.25, 0.3) is 5.91 Å². The van der Waals surface area contributed by atoms with Gasteiger partial charge in [0.2, 0.25) is 0 Å². The largest absolute Gasteiger partial charge is 0.398 e. The summed E-state index contributed by atoms with van der Waals surface area (Å²) < 4.78 is 1.55. The van der Waals surface area contributed by atoms with E-state index >= 15 is 0 Å². The maximum Gasteiger partial charge on any atom is 0.256 e. The average molecular weight is 371 g/mol. The molecule has 2 rings (SSSR count). The highest BCUT2D eigenvalue weighted by molar-refractivity contribution is 9.10. The van der Waals surface area contributed by atoms with Gasteiger partial charge >= 0.3 is 0 Å². The van der Waals surface area contributed by atoms with Crippen LogP contribution in [0, 0.1) is 0 Å². The molecule has 0 unspecified atom stereocenters. The fourth-order valence-electron chi connectivity index (χ4n) is 1.31. The number of hydrogen-bond acceptors (Lipinski definition) is 3. The van der Waals surface area contributed by atoms with Crippen LogP contribution in [0.3, 0.4) is 0 Å². The van der Waals surface area contributed by atoms with Gasteiger partial charge in [-0.3, -0.25) is 4.79 Å². The van der Waals surface area contributed by atoms with E-state index in [9.17, 15) is 4.79 Å². The van der Waals surface area contributed by atoms with Crippen molar-refractivity contribution in [3.8, 4) is 0 Å². The van der Waals surface area contributed by atoms with Crippen molar-refractivity contribution in [1.29, 1.82) is 0 Å². The third-order valence-electron chi connectivity index (χ3n) is 2.23. The van der Waals surface area contributed by atoms with Crippen LogP contribution in [0.1, 0.15) is 10.4 Å². The van der Waals surface area contributed by atoms with Crippen LogP contribution in [-0.4, -0.2) is 10.9 Å². The number of benzene rings is 1. The van der Waals surface area contributed by atoms with Crippen molar-refractivity contribution >= 4 is 49.3 Å².